The van der Waals surface area contributed by atoms with Gasteiger partial charge in [-0.15, -0.1) is 0 Å². The predicted molar refractivity (Wildman–Crippen MR) is 160 cm³/mol. The first kappa shape index (κ1) is 26.5. The van der Waals surface area contributed by atoms with Crippen molar-refractivity contribution in [1.29, 1.82) is 0 Å². The van der Waals surface area contributed by atoms with Crippen LogP contribution in [0.5, 0.6) is 0 Å². The van der Waals surface area contributed by atoms with Crippen LogP contribution < -0.4 is 16.1 Å². The Morgan fingerprint density at radius 1 is 0.953 bits per heavy atom. The highest BCUT2D eigenvalue weighted by atomic mass is 35.5. The maximum Gasteiger partial charge on any atom is 0.294 e. The second-order valence-corrected chi connectivity index (χ2v) is 11.1. The first-order valence-electron chi connectivity index (χ1n) is 13.5. The number of nitrogens with one attached hydrogen (secondary N) is 1. The molecular weight excluding hydrogens is 570 g/mol. The molecule has 3 amide bonds. The zero-order valence-corrected chi connectivity index (χ0v) is 23.1. The van der Waals surface area contributed by atoms with Crippen molar-refractivity contribution < 1.29 is 19.3 Å². The Balaban J connectivity index is 1.42. The molecular formula is C32H22ClN5O5. The number of nitro benzene ring substituents is 1. The Labute approximate surface area is 249 Å². The number of amides is 3. The molecule has 4 aromatic carbocycles. The zero-order valence-electron chi connectivity index (χ0n) is 22.3. The highest BCUT2D eigenvalue weighted by molar-refractivity contribution is 6.31. The molecule has 0 spiro atoms. The summed E-state index contributed by atoms with van der Waals surface area (Å²) < 4.78 is 0. The molecule has 1 heterocycles. The molecule has 4 aliphatic rings. The molecule has 1 aliphatic heterocycles. The molecule has 11 heteroatoms. The summed E-state index contributed by atoms with van der Waals surface area (Å²) >= 11 is 6.05. The Morgan fingerprint density at radius 2 is 1.58 bits per heavy atom. The molecule has 0 radical (unpaired) electrons. The third-order valence-corrected chi connectivity index (χ3v) is 8.93. The lowest BCUT2D eigenvalue weighted by Gasteiger charge is -2.52. The van der Waals surface area contributed by atoms with E-state index in [2.05, 4.69) is 10.5 Å². The van der Waals surface area contributed by atoms with Crippen molar-refractivity contribution >= 4 is 52.6 Å². The third kappa shape index (κ3) is 3.66. The monoisotopic (exact) mass is 591 g/mol. The number of benzene rings is 4. The van der Waals surface area contributed by atoms with Gasteiger partial charge in [-0.2, -0.15) is 5.10 Å². The van der Waals surface area contributed by atoms with E-state index in [9.17, 15) is 24.5 Å². The smallest absolute Gasteiger partial charge is 0.294 e. The van der Waals surface area contributed by atoms with Crippen LogP contribution in [0.2, 0.25) is 5.02 Å². The first-order chi connectivity index (χ1) is 20.8. The lowest BCUT2D eigenvalue weighted by atomic mass is 9.47. The first-order valence-corrected chi connectivity index (χ1v) is 13.8. The molecule has 212 valence electrons. The van der Waals surface area contributed by atoms with E-state index in [1.54, 1.807) is 24.3 Å². The van der Waals surface area contributed by atoms with E-state index >= 15 is 0 Å². The summed E-state index contributed by atoms with van der Waals surface area (Å²) in [5, 5.41) is 16.5. The number of nitrogen functional groups attached to an aromatic ring is 1. The molecule has 0 saturated carbocycles. The molecule has 2 atom stereocenters. The van der Waals surface area contributed by atoms with Gasteiger partial charge in [0, 0.05) is 28.9 Å². The fraction of sp³-hybridized carbons (Fsp3) is 0.125. The van der Waals surface area contributed by atoms with Crippen molar-refractivity contribution in [2.24, 2.45) is 16.9 Å². The van der Waals surface area contributed by atoms with Crippen LogP contribution in [-0.4, -0.2) is 28.9 Å². The van der Waals surface area contributed by atoms with Crippen molar-refractivity contribution in [3.63, 3.8) is 0 Å². The van der Waals surface area contributed by atoms with Crippen LogP contribution >= 0.6 is 11.6 Å². The number of nitrogens with zero attached hydrogens (tertiary/aromatic N) is 3. The average molecular weight is 592 g/mol. The van der Waals surface area contributed by atoms with Crippen LogP contribution in [0.4, 0.5) is 17.1 Å². The molecule has 10 nitrogen and oxygen atoms in total. The van der Waals surface area contributed by atoms with Gasteiger partial charge in [0.25, 0.3) is 11.6 Å². The van der Waals surface area contributed by atoms with Gasteiger partial charge in [0.15, 0.2) is 0 Å². The van der Waals surface area contributed by atoms with Gasteiger partial charge >= 0.3 is 0 Å². The number of hydrogen-bond acceptors (Lipinski definition) is 7. The van der Waals surface area contributed by atoms with Crippen LogP contribution in [-0.2, 0) is 15.0 Å². The molecule has 43 heavy (non-hydrogen) atoms. The lowest BCUT2D eigenvalue weighted by Crippen LogP contribution is -2.54. The minimum Gasteiger partial charge on any atom is -0.398 e. The summed E-state index contributed by atoms with van der Waals surface area (Å²) in [6.45, 7) is 0. The zero-order chi connectivity index (χ0) is 30.0. The van der Waals surface area contributed by atoms with E-state index < -0.39 is 51.5 Å². The van der Waals surface area contributed by atoms with Gasteiger partial charge < -0.3 is 5.73 Å². The number of imide groups is 1. The molecule has 0 unspecified atom stereocenters. The summed E-state index contributed by atoms with van der Waals surface area (Å²) in [5.74, 6) is -4.03. The van der Waals surface area contributed by atoms with Crippen LogP contribution in [0.3, 0.4) is 0 Å². The van der Waals surface area contributed by atoms with Gasteiger partial charge in [0.1, 0.15) is 5.69 Å². The van der Waals surface area contributed by atoms with Crippen molar-refractivity contribution in [1.82, 2.24) is 5.43 Å². The molecule has 3 aliphatic carbocycles. The van der Waals surface area contributed by atoms with Crippen LogP contribution in [0, 0.1) is 22.0 Å². The summed E-state index contributed by atoms with van der Waals surface area (Å²) in [7, 11) is 0. The third-order valence-electron chi connectivity index (χ3n) is 8.70. The number of halogens is 1. The van der Waals surface area contributed by atoms with E-state index in [-0.39, 0.29) is 22.0 Å². The van der Waals surface area contributed by atoms with Gasteiger partial charge in [-0.25, -0.2) is 10.3 Å². The minimum atomic E-state index is -1.27. The molecule has 0 aromatic heterocycles. The van der Waals surface area contributed by atoms with E-state index in [4.69, 9.17) is 17.3 Å². The standard InChI is InChI=1S/C32H22ClN5O5/c33-17-13-14-24(25(15-17)38(42)43)37-30(40)27-26-18-7-1-4-10-21(18)32(28(27)31(37)41,22-11-5-2-8-19(22)26)16-35-36-29(39)20-9-3-6-12-23(20)34/h1-16,26-28H,34H2,(H,36,39)/b35-16-/t26?,27-,28-,32?/m0/s1. The largest absolute Gasteiger partial charge is 0.398 e. The van der Waals surface area contributed by atoms with Crippen LogP contribution in [0.1, 0.15) is 38.5 Å². The summed E-state index contributed by atoms with van der Waals surface area (Å²) in [5.41, 5.74) is 10.4. The number of carbonyl (C=O) groups is 3. The number of para-hydroxylation sites is 1. The molecule has 1 saturated heterocycles. The molecule has 8 rings (SSSR count). The van der Waals surface area contributed by atoms with Gasteiger partial charge in [-0.05, 0) is 46.5 Å². The fourth-order valence-electron chi connectivity index (χ4n) is 7.08. The summed E-state index contributed by atoms with van der Waals surface area (Å²) in [6, 6.07) is 25.5. The van der Waals surface area contributed by atoms with Gasteiger partial charge in [-0.3, -0.25) is 24.5 Å². The van der Waals surface area contributed by atoms with Crippen LogP contribution in [0.25, 0.3) is 0 Å². The highest BCUT2D eigenvalue weighted by Crippen LogP contribution is 2.64. The number of carbonyl (C=O) groups excluding carboxylic acids is 3. The SMILES string of the molecule is Nc1ccccc1C(=O)N/N=C\C12c3ccccc3C(c3ccccc31)[C@@H]1C(=O)N(c3ccc(Cl)cc3[N+](=O)[O-])C(=O)[C@H]12. The van der Waals surface area contributed by atoms with Crippen molar-refractivity contribution in [3.05, 3.63) is 134 Å². The second kappa shape index (κ2) is 9.60. The Hall–Kier alpha value is -5.35. The van der Waals surface area contributed by atoms with Gasteiger partial charge in [0.05, 0.1) is 27.7 Å². The Kier molecular flexibility index (Phi) is 5.93. The minimum absolute atomic E-state index is 0.102. The van der Waals surface area contributed by atoms with E-state index in [0.717, 1.165) is 33.2 Å². The molecule has 3 N–H and O–H groups in total. The van der Waals surface area contributed by atoms with Crippen molar-refractivity contribution in [2.45, 2.75) is 11.3 Å². The van der Waals surface area contributed by atoms with Crippen LogP contribution in [0.15, 0.2) is 96.1 Å². The summed E-state index contributed by atoms with van der Waals surface area (Å²) in [4.78, 5) is 54.0. The molecule has 4 aromatic rings. The normalized spacial score (nSPS) is 23.2. The lowest BCUT2D eigenvalue weighted by molar-refractivity contribution is -0.384. The average Bonchev–Trinajstić information content (AvgIpc) is 3.28. The van der Waals surface area contributed by atoms with E-state index in [0.29, 0.717) is 0 Å². The van der Waals surface area contributed by atoms with Crippen molar-refractivity contribution in [3.8, 4) is 0 Å². The van der Waals surface area contributed by atoms with E-state index in [1.165, 1.54) is 18.3 Å². The Morgan fingerprint density at radius 3 is 2.23 bits per heavy atom. The van der Waals surface area contributed by atoms with Gasteiger partial charge in [0.2, 0.25) is 11.8 Å². The Bertz CT molecular complexity index is 1880. The molecule has 1 fully saturated rings. The van der Waals surface area contributed by atoms with E-state index in [1.807, 2.05) is 48.5 Å². The number of nitrogens with two attached hydrogens (primary N) is 1. The molecule has 2 bridgehead atoms. The number of rotatable bonds is 5. The number of nitro groups is 1. The van der Waals surface area contributed by atoms with Gasteiger partial charge in [-0.1, -0.05) is 72.3 Å². The fourth-order valence-corrected chi connectivity index (χ4v) is 7.24. The maximum absolute atomic E-state index is 14.5. The topological polar surface area (TPSA) is 148 Å². The second-order valence-electron chi connectivity index (χ2n) is 10.7. The highest BCUT2D eigenvalue weighted by Gasteiger charge is 2.68. The number of hydrogen-bond donors (Lipinski definition) is 2. The predicted octanol–water partition coefficient (Wildman–Crippen LogP) is 4.80. The quantitative estimate of drug-likeness (QED) is 0.112. The summed E-state index contributed by atoms with van der Waals surface area (Å²) in [6.07, 6.45) is 1.51. The van der Waals surface area contributed by atoms with Crippen molar-refractivity contribution in [2.75, 3.05) is 10.6 Å². The maximum atomic E-state index is 14.5. The number of hydrazone groups is 1. The number of anilines is 2.